The van der Waals surface area contributed by atoms with Crippen LogP contribution in [0.2, 0.25) is 0 Å². The third-order valence-electron chi connectivity index (χ3n) is 4.22. The summed E-state index contributed by atoms with van der Waals surface area (Å²) >= 11 is 0. The number of aromatic nitrogens is 2. The zero-order valence-electron chi connectivity index (χ0n) is 13.5. The molecule has 1 aliphatic heterocycles. The SMILES string of the molecule is CN(Cc1ccc(F)c(F)c1)C(=O)c1ccn(C2CCCNC2)n1. The molecule has 0 bridgehead atoms. The summed E-state index contributed by atoms with van der Waals surface area (Å²) in [5, 5.41) is 7.69. The molecule has 24 heavy (non-hydrogen) atoms. The molecule has 0 aliphatic carbocycles. The first kappa shape index (κ1) is 16.6. The Bertz CT molecular complexity index is 725. The Hall–Kier alpha value is -2.28. The molecule has 1 fully saturated rings. The van der Waals surface area contributed by atoms with Gasteiger partial charge in [-0.05, 0) is 43.1 Å². The Balaban J connectivity index is 1.66. The third kappa shape index (κ3) is 3.62. The van der Waals surface area contributed by atoms with Crippen LogP contribution in [0, 0.1) is 11.6 Å². The molecule has 1 N–H and O–H groups in total. The number of halogens is 2. The van der Waals surface area contributed by atoms with E-state index in [1.165, 1.54) is 11.0 Å². The summed E-state index contributed by atoms with van der Waals surface area (Å²) in [6.45, 7) is 2.05. The van der Waals surface area contributed by atoms with Crippen molar-refractivity contribution in [2.45, 2.75) is 25.4 Å². The van der Waals surface area contributed by atoms with Gasteiger partial charge < -0.3 is 10.2 Å². The van der Waals surface area contributed by atoms with Crippen molar-refractivity contribution in [3.05, 3.63) is 53.4 Å². The van der Waals surface area contributed by atoms with Crippen molar-refractivity contribution in [3.63, 3.8) is 0 Å². The van der Waals surface area contributed by atoms with Crippen LogP contribution in [0.3, 0.4) is 0 Å². The Morgan fingerprint density at radius 1 is 1.38 bits per heavy atom. The molecule has 0 spiro atoms. The second-order valence-electron chi connectivity index (χ2n) is 6.09. The Labute approximate surface area is 139 Å². The van der Waals surface area contributed by atoms with Crippen LogP contribution in [0.1, 0.15) is 34.9 Å². The number of piperidine rings is 1. The highest BCUT2D eigenvalue weighted by atomic mass is 19.2. The molecule has 1 atom stereocenters. The smallest absolute Gasteiger partial charge is 0.274 e. The second kappa shape index (κ2) is 7.09. The predicted octanol–water partition coefficient (Wildman–Crippen LogP) is 2.36. The standard InChI is InChI=1S/C17H20F2N4O/c1-22(11-12-4-5-14(18)15(19)9-12)17(24)16-6-8-23(21-16)13-3-2-7-20-10-13/h4-6,8-9,13,20H,2-3,7,10-11H2,1H3. The maximum Gasteiger partial charge on any atom is 0.274 e. The highest BCUT2D eigenvalue weighted by Gasteiger charge is 2.20. The van der Waals surface area contributed by atoms with Crippen LogP contribution >= 0.6 is 0 Å². The molecule has 0 radical (unpaired) electrons. The number of nitrogens with zero attached hydrogens (tertiary/aromatic N) is 3. The molecular weight excluding hydrogens is 314 g/mol. The Morgan fingerprint density at radius 2 is 2.21 bits per heavy atom. The number of hydrogen-bond acceptors (Lipinski definition) is 3. The molecule has 1 saturated heterocycles. The molecule has 7 heteroatoms. The molecule has 5 nitrogen and oxygen atoms in total. The van der Waals surface area contributed by atoms with Gasteiger partial charge in [0.25, 0.3) is 5.91 Å². The number of carbonyl (C=O) groups is 1. The maximum absolute atomic E-state index is 13.3. The summed E-state index contributed by atoms with van der Waals surface area (Å²) in [4.78, 5) is 13.9. The topological polar surface area (TPSA) is 50.2 Å². The van der Waals surface area contributed by atoms with Gasteiger partial charge in [-0.15, -0.1) is 0 Å². The van der Waals surface area contributed by atoms with Gasteiger partial charge in [-0.3, -0.25) is 9.48 Å². The first-order valence-corrected chi connectivity index (χ1v) is 8.00. The number of rotatable bonds is 4. The second-order valence-corrected chi connectivity index (χ2v) is 6.09. The van der Waals surface area contributed by atoms with Crippen molar-refractivity contribution in [1.29, 1.82) is 0 Å². The Morgan fingerprint density at radius 3 is 2.92 bits per heavy atom. The van der Waals surface area contributed by atoms with E-state index in [9.17, 15) is 13.6 Å². The monoisotopic (exact) mass is 334 g/mol. The van der Waals surface area contributed by atoms with E-state index in [0.29, 0.717) is 11.3 Å². The van der Waals surface area contributed by atoms with Gasteiger partial charge in [0.2, 0.25) is 0 Å². The van der Waals surface area contributed by atoms with Crippen molar-refractivity contribution in [1.82, 2.24) is 20.0 Å². The van der Waals surface area contributed by atoms with Crippen LogP contribution in [0.15, 0.2) is 30.5 Å². The lowest BCUT2D eigenvalue weighted by molar-refractivity contribution is 0.0777. The fourth-order valence-corrected chi connectivity index (χ4v) is 2.89. The molecule has 1 amide bonds. The summed E-state index contributed by atoms with van der Waals surface area (Å²) in [6.07, 6.45) is 3.94. The van der Waals surface area contributed by atoms with Crippen LogP contribution < -0.4 is 5.32 Å². The van der Waals surface area contributed by atoms with Gasteiger partial charge in [-0.25, -0.2) is 8.78 Å². The normalized spacial score (nSPS) is 17.7. The summed E-state index contributed by atoms with van der Waals surface area (Å²) in [5.41, 5.74) is 0.881. The van der Waals surface area contributed by atoms with Gasteiger partial charge in [-0.1, -0.05) is 6.07 Å². The van der Waals surface area contributed by atoms with E-state index >= 15 is 0 Å². The van der Waals surface area contributed by atoms with E-state index in [1.807, 2.05) is 10.9 Å². The highest BCUT2D eigenvalue weighted by molar-refractivity contribution is 5.91. The largest absolute Gasteiger partial charge is 0.336 e. The van der Waals surface area contributed by atoms with Gasteiger partial charge in [0.1, 0.15) is 5.69 Å². The van der Waals surface area contributed by atoms with Crippen LogP contribution in [-0.4, -0.2) is 40.7 Å². The maximum atomic E-state index is 13.3. The van der Waals surface area contributed by atoms with E-state index in [4.69, 9.17) is 0 Å². The van der Waals surface area contributed by atoms with Crippen molar-refractivity contribution >= 4 is 5.91 Å². The van der Waals surface area contributed by atoms with E-state index < -0.39 is 11.6 Å². The lowest BCUT2D eigenvalue weighted by Crippen LogP contribution is -2.32. The molecule has 128 valence electrons. The van der Waals surface area contributed by atoms with Crippen molar-refractivity contribution in [3.8, 4) is 0 Å². The minimum Gasteiger partial charge on any atom is -0.336 e. The minimum atomic E-state index is -0.914. The third-order valence-corrected chi connectivity index (χ3v) is 4.22. The van der Waals surface area contributed by atoms with Gasteiger partial charge in [0.05, 0.1) is 6.04 Å². The van der Waals surface area contributed by atoms with E-state index in [2.05, 4.69) is 10.4 Å². The molecule has 1 unspecified atom stereocenters. The lowest BCUT2D eigenvalue weighted by atomic mass is 10.1. The van der Waals surface area contributed by atoms with E-state index in [0.717, 1.165) is 38.1 Å². The molecule has 2 aromatic rings. The van der Waals surface area contributed by atoms with Gasteiger partial charge in [-0.2, -0.15) is 5.10 Å². The summed E-state index contributed by atoms with van der Waals surface area (Å²) < 4.78 is 28.1. The predicted molar refractivity (Wildman–Crippen MR) is 85.5 cm³/mol. The quantitative estimate of drug-likeness (QED) is 0.934. The van der Waals surface area contributed by atoms with Crippen LogP contribution in [0.4, 0.5) is 8.78 Å². The fraction of sp³-hybridized carbons (Fsp3) is 0.412. The van der Waals surface area contributed by atoms with Crippen molar-refractivity contribution < 1.29 is 13.6 Å². The number of hydrogen-bond donors (Lipinski definition) is 1. The minimum absolute atomic E-state index is 0.188. The number of amides is 1. The van der Waals surface area contributed by atoms with Gasteiger partial charge in [0, 0.05) is 26.3 Å². The van der Waals surface area contributed by atoms with Crippen molar-refractivity contribution in [2.24, 2.45) is 0 Å². The lowest BCUT2D eigenvalue weighted by Gasteiger charge is -2.23. The van der Waals surface area contributed by atoms with Crippen LogP contribution in [0.5, 0.6) is 0 Å². The molecule has 3 rings (SSSR count). The van der Waals surface area contributed by atoms with Crippen LogP contribution in [0.25, 0.3) is 0 Å². The molecule has 1 aromatic carbocycles. The first-order chi connectivity index (χ1) is 11.5. The molecule has 1 aliphatic rings. The van der Waals surface area contributed by atoms with E-state index in [-0.39, 0.29) is 18.5 Å². The zero-order chi connectivity index (χ0) is 17.1. The first-order valence-electron chi connectivity index (χ1n) is 8.00. The average Bonchev–Trinajstić information content (AvgIpc) is 3.08. The number of nitrogens with one attached hydrogen (secondary N) is 1. The molecule has 2 heterocycles. The molecule has 0 saturated carbocycles. The summed E-state index contributed by atoms with van der Waals surface area (Å²) in [7, 11) is 1.62. The van der Waals surface area contributed by atoms with E-state index in [1.54, 1.807) is 13.1 Å². The number of benzene rings is 1. The fourth-order valence-electron chi connectivity index (χ4n) is 2.89. The van der Waals surface area contributed by atoms with Gasteiger partial charge >= 0.3 is 0 Å². The highest BCUT2D eigenvalue weighted by Crippen LogP contribution is 2.17. The average molecular weight is 334 g/mol. The van der Waals surface area contributed by atoms with Gasteiger partial charge in [0.15, 0.2) is 11.6 Å². The summed E-state index contributed by atoms with van der Waals surface area (Å²) in [5.74, 6) is -2.06. The molecular formula is C17H20F2N4O. The molecule has 1 aromatic heterocycles. The van der Waals surface area contributed by atoms with Crippen molar-refractivity contribution in [2.75, 3.05) is 20.1 Å². The van der Waals surface area contributed by atoms with Crippen LogP contribution in [-0.2, 0) is 6.54 Å². The summed E-state index contributed by atoms with van der Waals surface area (Å²) in [6, 6.07) is 5.59. The number of carbonyl (C=O) groups excluding carboxylic acids is 1. The Kier molecular flexibility index (Phi) is 4.89. The zero-order valence-corrected chi connectivity index (χ0v) is 13.5.